The number of aldehydes is 1. The number of carbonyl (C=O) groups is 4. The van der Waals surface area contributed by atoms with Gasteiger partial charge in [0.15, 0.2) is 0 Å². The van der Waals surface area contributed by atoms with Gasteiger partial charge < -0.3 is 15.0 Å². The number of unbranched alkanes of at least 4 members (excludes halogenated alkanes) is 34. The Labute approximate surface area is 547 Å². The molecule has 8 nitrogen and oxygen atoms in total. The fourth-order valence-electron chi connectivity index (χ4n) is 17.0. The van der Waals surface area contributed by atoms with Crippen molar-refractivity contribution in [1.29, 1.82) is 0 Å². The van der Waals surface area contributed by atoms with Gasteiger partial charge in [0.25, 0.3) is 5.91 Å². The highest BCUT2D eigenvalue weighted by atomic mass is 16.7. The molecule has 0 bridgehead atoms. The van der Waals surface area contributed by atoms with Crippen molar-refractivity contribution in [3.63, 3.8) is 0 Å². The van der Waals surface area contributed by atoms with Gasteiger partial charge in [0.05, 0.1) is 6.61 Å². The van der Waals surface area contributed by atoms with E-state index in [-0.39, 0.29) is 24.1 Å². The van der Waals surface area contributed by atoms with E-state index in [9.17, 15) is 19.2 Å². The van der Waals surface area contributed by atoms with E-state index in [1.165, 1.54) is 320 Å². The zero-order valence-electron chi connectivity index (χ0n) is 59.6. The zero-order valence-corrected chi connectivity index (χ0v) is 59.6. The van der Waals surface area contributed by atoms with Crippen molar-refractivity contribution >= 4 is 24.0 Å². The summed E-state index contributed by atoms with van der Waals surface area (Å²) >= 11 is 0. The van der Waals surface area contributed by atoms with Gasteiger partial charge in [0.1, 0.15) is 12.3 Å². The lowest BCUT2D eigenvalue weighted by Gasteiger charge is -2.44. The van der Waals surface area contributed by atoms with Crippen LogP contribution in [0.3, 0.4) is 0 Å². The minimum Gasteiger partial charge on any atom is -0.354 e. The van der Waals surface area contributed by atoms with Crippen LogP contribution in [0, 0.1) is 47.3 Å². The predicted molar refractivity (Wildman–Crippen MR) is 377 cm³/mol. The molecule has 3 rings (SSSR count). The summed E-state index contributed by atoms with van der Waals surface area (Å²) in [7, 11) is 0. The number of hydroxylamine groups is 2. The standard InChI is InChI=1S/C80H149N3O5/c1-7-12-17-22-31-42-54-74-70(50-38-19-14-9-3)59-60-71(51-39-20-15-10-4)76(74)57-45-34-26-28-36-47-65-82(69(6)85)78(63-67-84)80(87)81-64-46-35-27-24-33-44-56-77-73(53-41-30-25-29-37-48-66-83-79(86)58-49-68-88-83)62-61-72(52-40-21-16-11-5)75(77)55-43-32-23-18-13-8-2/h49,58,67,70-78H,7-48,50-57,59-66,68H2,1-6H3,(H,81,87). The van der Waals surface area contributed by atoms with Crippen molar-refractivity contribution in [2.45, 2.75) is 401 Å². The lowest BCUT2D eigenvalue weighted by atomic mass is 9.61. The third-order valence-corrected chi connectivity index (χ3v) is 22.3. The molecule has 2 aliphatic carbocycles. The lowest BCUT2D eigenvalue weighted by molar-refractivity contribution is -0.180. The number of nitrogens with zero attached hydrogens (tertiary/aromatic N) is 2. The molecular formula is C80H149N3O5. The van der Waals surface area contributed by atoms with Crippen LogP contribution in [0.1, 0.15) is 395 Å². The first-order valence-electron chi connectivity index (χ1n) is 39.8. The summed E-state index contributed by atoms with van der Waals surface area (Å²) in [6.07, 6.45) is 76.8. The molecule has 2 fully saturated rings. The second kappa shape index (κ2) is 55.3. The van der Waals surface area contributed by atoms with E-state index in [2.05, 4.69) is 39.9 Å². The number of amides is 3. The summed E-state index contributed by atoms with van der Waals surface area (Å²) in [4.78, 5) is 58.0. The summed E-state index contributed by atoms with van der Waals surface area (Å²) in [6, 6.07) is -0.716. The molecule has 2 saturated carbocycles. The molecule has 3 aliphatic rings. The molecule has 88 heavy (non-hydrogen) atoms. The fourth-order valence-corrected chi connectivity index (χ4v) is 17.0. The van der Waals surface area contributed by atoms with Gasteiger partial charge in [-0.1, -0.05) is 317 Å². The van der Waals surface area contributed by atoms with Gasteiger partial charge in [-0.05, 0) is 118 Å². The van der Waals surface area contributed by atoms with Gasteiger partial charge in [0.2, 0.25) is 11.8 Å². The van der Waals surface area contributed by atoms with Crippen molar-refractivity contribution in [2.75, 3.05) is 26.2 Å². The summed E-state index contributed by atoms with van der Waals surface area (Å²) in [5.41, 5.74) is 0. The first kappa shape index (κ1) is 80.0. The van der Waals surface area contributed by atoms with Gasteiger partial charge in [-0.2, -0.15) is 0 Å². The molecule has 8 heteroatoms. The van der Waals surface area contributed by atoms with Crippen molar-refractivity contribution in [3.8, 4) is 0 Å². The van der Waals surface area contributed by atoms with Crippen molar-refractivity contribution < 1.29 is 24.0 Å². The first-order chi connectivity index (χ1) is 43.2. The summed E-state index contributed by atoms with van der Waals surface area (Å²) in [5, 5.41) is 4.70. The highest BCUT2D eigenvalue weighted by molar-refractivity contribution is 5.88. The van der Waals surface area contributed by atoms with E-state index >= 15 is 0 Å². The molecule has 9 atom stereocenters. The number of carbonyl (C=O) groups excluding carboxylic acids is 4. The van der Waals surface area contributed by atoms with Gasteiger partial charge in [-0.15, -0.1) is 0 Å². The number of hydrogen-bond donors (Lipinski definition) is 1. The molecule has 1 aliphatic heterocycles. The minimum atomic E-state index is -0.716. The summed E-state index contributed by atoms with van der Waals surface area (Å²) in [6.45, 7) is 15.6. The summed E-state index contributed by atoms with van der Waals surface area (Å²) < 4.78 is 0. The van der Waals surface area contributed by atoms with Crippen LogP contribution in [0.2, 0.25) is 0 Å². The van der Waals surface area contributed by atoms with E-state index in [4.69, 9.17) is 4.84 Å². The van der Waals surface area contributed by atoms with Gasteiger partial charge >= 0.3 is 0 Å². The normalized spacial score (nSPS) is 21.7. The molecule has 1 heterocycles. The van der Waals surface area contributed by atoms with Crippen LogP contribution in [0.4, 0.5) is 0 Å². The molecule has 514 valence electrons. The first-order valence-corrected chi connectivity index (χ1v) is 39.8. The van der Waals surface area contributed by atoms with Gasteiger partial charge in [0, 0.05) is 39.1 Å². The van der Waals surface area contributed by atoms with Crippen LogP contribution in [-0.4, -0.2) is 66.3 Å². The van der Waals surface area contributed by atoms with E-state index in [0.29, 0.717) is 26.2 Å². The molecular weight excluding hydrogens is 1080 g/mol. The third kappa shape index (κ3) is 36.3. The van der Waals surface area contributed by atoms with E-state index < -0.39 is 6.04 Å². The average molecular weight is 1230 g/mol. The van der Waals surface area contributed by atoms with Crippen molar-refractivity contribution in [2.24, 2.45) is 47.3 Å². The maximum Gasteiger partial charge on any atom is 0.269 e. The Morgan fingerprint density at radius 3 is 1.14 bits per heavy atom. The number of hydrogen-bond acceptors (Lipinski definition) is 5. The average Bonchev–Trinajstić information content (AvgIpc) is 3.19. The topological polar surface area (TPSA) is 96.0 Å². The Balaban J connectivity index is 1.44. The van der Waals surface area contributed by atoms with Crippen LogP contribution < -0.4 is 5.32 Å². The number of rotatable bonds is 60. The summed E-state index contributed by atoms with van der Waals surface area (Å²) in [5.74, 6) is 7.05. The Morgan fingerprint density at radius 1 is 0.466 bits per heavy atom. The quantitative estimate of drug-likeness (QED) is 0.0483. The van der Waals surface area contributed by atoms with E-state index in [1.807, 2.05) is 0 Å². The Kier molecular flexibility index (Phi) is 50.2. The second-order valence-corrected chi connectivity index (χ2v) is 29.3. The van der Waals surface area contributed by atoms with Gasteiger partial charge in [-0.25, -0.2) is 5.06 Å². The second-order valence-electron chi connectivity index (χ2n) is 29.3. The predicted octanol–water partition coefficient (Wildman–Crippen LogP) is 23.4. The SMILES string of the molecule is CCCCCCCCC1C(CCCCCC)CCC(CCCCCC)C1CCCCCCCCN(C(C)=O)C(CC=O)C(=O)NCCCCCCCCC1C(CCCCCCCCN2OCC=CC2=O)CCC(CCCCCC)C1CCCCCCCC. The zero-order chi connectivity index (χ0) is 63.3. The molecule has 9 unspecified atom stereocenters. The van der Waals surface area contributed by atoms with Gasteiger partial charge in [-0.3, -0.25) is 19.2 Å². The molecule has 0 saturated heterocycles. The Hall–Kier alpha value is -2.22. The van der Waals surface area contributed by atoms with Crippen LogP contribution >= 0.6 is 0 Å². The Bertz CT molecular complexity index is 1690. The third-order valence-electron chi connectivity index (χ3n) is 22.3. The molecule has 1 N–H and O–H groups in total. The van der Waals surface area contributed by atoms with Crippen LogP contribution in [0.25, 0.3) is 0 Å². The van der Waals surface area contributed by atoms with Crippen LogP contribution in [-0.2, 0) is 24.0 Å². The largest absolute Gasteiger partial charge is 0.354 e. The van der Waals surface area contributed by atoms with E-state index in [1.54, 1.807) is 24.0 Å². The molecule has 0 spiro atoms. The maximum atomic E-state index is 13.7. The van der Waals surface area contributed by atoms with Crippen LogP contribution in [0.15, 0.2) is 12.2 Å². The molecule has 3 amide bonds. The minimum absolute atomic E-state index is 0.0160. The van der Waals surface area contributed by atoms with Crippen LogP contribution in [0.5, 0.6) is 0 Å². The molecule has 0 aromatic rings. The number of nitrogens with one attached hydrogen (secondary N) is 1. The van der Waals surface area contributed by atoms with Crippen molar-refractivity contribution in [1.82, 2.24) is 15.3 Å². The lowest BCUT2D eigenvalue weighted by Crippen LogP contribution is -2.49. The molecule has 0 aromatic heterocycles. The Morgan fingerprint density at radius 2 is 0.784 bits per heavy atom. The monoisotopic (exact) mass is 1230 g/mol. The molecule has 0 radical (unpaired) electrons. The highest BCUT2D eigenvalue weighted by Gasteiger charge is 2.39. The molecule has 0 aromatic carbocycles. The highest BCUT2D eigenvalue weighted by Crippen LogP contribution is 2.49. The van der Waals surface area contributed by atoms with Crippen molar-refractivity contribution in [3.05, 3.63) is 12.2 Å². The maximum absolute atomic E-state index is 13.7. The smallest absolute Gasteiger partial charge is 0.269 e. The van der Waals surface area contributed by atoms with E-state index in [0.717, 1.165) is 85.7 Å². The fraction of sp³-hybridized carbons (Fsp3) is 0.925.